The Morgan fingerprint density at radius 2 is 1.43 bits per heavy atom. The first-order valence-corrected chi connectivity index (χ1v) is 7.80. The summed E-state index contributed by atoms with van der Waals surface area (Å²) in [5, 5.41) is 5.59. The second-order valence-corrected chi connectivity index (χ2v) is 5.24. The van der Waals surface area contributed by atoms with Crippen molar-refractivity contribution < 1.29 is 9.59 Å². The Labute approximate surface area is 136 Å². The zero-order valence-electron chi connectivity index (χ0n) is 13.0. The molecule has 0 aliphatic rings. The molecule has 1 aromatic carbocycles. The lowest BCUT2D eigenvalue weighted by Crippen LogP contribution is -2.12. The second-order valence-electron chi connectivity index (χ2n) is 5.24. The van der Waals surface area contributed by atoms with Crippen LogP contribution in [0.1, 0.15) is 32.1 Å². The number of benzene rings is 1. The van der Waals surface area contributed by atoms with E-state index in [9.17, 15) is 9.59 Å². The molecule has 0 aliphatic heterocycles. The Hall–Kier alpha value is -2.69. The van der Waals surface area contributed by atoms with Gasteiger partial charge < -0.3 is 10.6 Å². The van der Waals surface area contributed by atoms with Crippen molar-refractivity contribution in [3.05, 3.63) is 54.7 Å². The summed E-state index contributed by atoms with van der Waals surface area (Å²) in [5.41, 5.74) is 0.812. The minimum Gasteiger partial charge on any atom is -0.326 e. The summed E-state index contributed by atoms with van der Waals surface area (Å²) in [4.78, 5) is 27.5. The van der Waals surface area contributed by atoms with E-state index in [1.54, 1.807) is 18.3 Å². The Bertz CT molecular complexity index is 559. The maximum Gasteiger partial charge on any atom is 0.225 e. The lowest BCUT2D eigenvalue weighted by atomic mass is 10.1. The molecule has 2 rings (SSSR count). The van der Waals surface area contributed by atoms with Crippen LogP contribution in [0.15, 0.2) is 54.7 Å². The number of carbonyl (C=O) groups excluding carboxylic acids is 2. The number of carbonyl (C=O) groups is 2. The number of nitrogens with one attached hydrogen (secondary N) is 2. The third-order valence-electron chi connectivity index (χ3n) is 3.30. The molecule has 0 unspecified atom stereocenters. The van der Waals surface area contributed by atoms with E-state index in [4.69, 9.17) is 0 Å². The highest BCUT2D eigenvalue weighted by Gasteiger charge is 2.04. The summed E-state index contributed by atoms with van der Waals surface area (Å²) < 4.78 is 0. The van der Waals surface area contributed by atoms with Crippen LogP contribution in [0.3, 0.4) is 0 Å². The molecule has 5 heteroatoms. The van der Waals surface area contributed by atoms with Gasteiger partial charge in [-0.2, -0.15) is 0 Å². The van der Waals surface area contributed by atoms with E-state index in [0.29, 0.717) is 18.7 Å². The number of aromatic nitrogens is 1. The van der Waals surface area contributed by atoms with Crippen molar-refractivity contribution in [2.45, 2.75) is 32.1 Å². The van der Waals surface area contributed by atoms with Gasteiger partial charge in [-0.1, -0.05) is 30.7 Å². The monoisotopic (exact) mass is 311 g/mol. The molecule has 5 nitrogen and oxygen atoms in total. The van der Waals surface area contributed by atoms with E-state index in [0.717, 1.165) is 24.9 Å². The van der Waals surface area contributed by atoms with Gasteiger partial charge in [0.15, 0.2) is 0 Å². The summed E-state index contributed by atoms with van der Waals surface area (Å²) in [6.45, 7) is 0. The number of para-hydroxylation sites is 1. The normalized spacial score (nSPS) is 10.1. The van der Waals surface area contributed by atoms with Crippen LogP contribution in [-0.4, -0.2) is 16.8 Å². The van der Waals surface area contributed by atoms with Gasteiger partial charge in [0.1, 0.15) is 5.82 Å². The van der Waals surface area contributed by atoms with E-state index in [1.807, 2.05) is 36.4 Å². The predicted octanol–water partition coefficient (Wildman–Crippen LogP) is 3.61. The average molecular weight is 311 g/mol. The molecule has 0 aliphatic carbocycles. The molecule has 0 radical (unpaired) electrons. The summed E-state index contributed by atoms with van der Waals surface area (Å²) >= 11 is 0. The number of nitrogens with zero attached hydrogens (tertiary/aromatic N) is 1. The fraction of sp³-hybridized carbons (Fsp3) is 0.278. The van der Waals surface area contributed by atoms with Gasteiger partial charge in [0, 0.05) is 24.7 Å². The Morgan fingerprint density at radius 1 is 0.783 bits per heavy atom. The highest BCUT2D eigenvalue weighted by Crippen LogP contribution is 2.09. The molecular weight excluding hydrogens is 290 g/mol. The first-order chi connectivity index (χ1) is 11.2. The van der Waals surface area contributed by atoms with Crippen LogP contribution in [0.2, 0.25) is 0 Å². The van der Waals surface area contributed by atoms with Crippen molar-refractivity contribution >= 4 is 23.3 Å². The second kappa shape index (κ2) is 9.35. The molecule has 2 aromatic rings. The van der Waals surface area contributed by atoms with Gasteiger partial charge in [-0.25, -0.2) is 4.98 Å². The van der Waals surface area contributed by atoms with Gasteiger partial charge in [0.05, 0.1) is 0 Å². The van der Waals surface area contributed by atoms with Crippen molar-refractivity contribution in [1.82, 2.24) is 4.98 Å². The topological polar surface area (TPSA) is 71.1 Å². The lowest BCUT2D eigenvalue weighted by Gasteiger charge is -2.05. The summed E-state index contributed by atoms with van der Waals surface area (Å²) in [7, 11) is 0. The van der Waals surface area contributed by atoms with E-state index in [1.165, 1.54) is 0 Å². The maximum absolute atomic E-state index is 11.8. The third-order valence-corrected chi connectivity index (χ3v) is 3.30. The molecule has 0 spiro atoms. The standard InChI is InChI=1S/C18H21N3O2/c22-17(20-15-9-3-1-4-10-15)12-5-2-6-13-18(23)21-16-11-7-8-14-19-16/h1,3-4,7-11,14H,2,5-6,12-13H2,(H,20,22)(H,19,21,23). The number of anilines is 2. The quantitative estimate of drug-likeness (QED) is 0.732. The molecule has 0 bridgehead atoms. The first-order valence-electron chi connectivity index (χ1n) is 7.80. The third kappa shape index (κ3) is 6.74. The van der Waals surface area contributed by atoms with Gasteiger partial charge in [-0.15, -0.1) is 0 Å². The van der Waals surface area contributed by atoms with Crippen LogP contribution in [0, 0.1) is 0 Å². The van der Waals surface area contributed by atoms with E-state index < -0.39 is 0 Å². The van der Waals surface area contributed by atoms with Gasteiger partial charge in [0.2, 0.25) is 11.8 Å². The highest BCUT2D eigenvalue weighted by atomic mass is 16.2. The minimum atomic E-state index is -0.0440. The van der Waals surface area contributed by atoms with Crippen LogP contribution >= 0.6 is 0 Å². The van der Waals surface area contributed by atoms with Crippen molar-refractivity contribution in [3.63, 3.8) is 0 Å². The van der Waals surface area contributed by atoms with Crippen molar-refractivity contribution in [2.24, 2.45) is 0 Å². The average Bonchev–Trinajstić information content (AvgIpc) is 2.56. The van der Waals surface area contributed by atoms with Crippen LogP contribution in [0.4, 0.5) is 11.5 Å². The van der Waals surface area contributed by atoms with Crippen LogP contribution in [0.5, 0.6) is 0 Å². The maximum atomic E-state index is 11.8. The molecular formula is C18H21N3O2. The number of hydrogen-bond acceptors (Lipinski definition) is 3. The number of rotatable bonds is 8. The van der Waals surface area contributed by atoms with Gasteiger partial charge in [-0.05, 0) is 37.1 Å². The smallest absolute Gasteiger partial charge is 0.225 e. The number of pyridine rings is 1. The molecule has 120 valence electrons. The van der Waals surface area contributed by atoms with E-state index >= 15 is 0 Å². The van der Waals surface area contributed by atoms with Crippen LogP contribution in [0.25, 0.3) is 0 Å². The molecule has 0 atom stereocenters. The van der Waals surface area contributed by atoms with Gasteiger partial charge >= 0.3 is 0 Å². The SMILES string of the molecule is O=C(CCCCCC(=O)Nc1ccccn1)Nc1ccccc1. The molecule has 0 saturated carbocycles. The molecule has 23 heavy (non-hydrogen) atoms. The number of hydrogen-bond donors (Lipinski definition) is 2. The lowest BCUT2D eigenvalue weighted by molar-refractivity contribution is -0.116. The molecule has 1 aromatic heterocycles. The number of unbranched alkanes of at least 4 members (excludes halogenated alkanes) is 2. The summed E-state index contributed by atoms with van der Waals surface area (Å²) in [6.07, 6.45) is 4.93. The van der Waals surface area contributed by atoms with Crippen molar-refractivity contribution in [1.29, 1.82) is 0 Å². The van der Waals surface area contributed by atoms with Crippen molar-refractivity contribution in [2.75, 3.05) is 10.6 Å². The largest absolute Gasteiger partial charge is 0.326 e. The van der Waals surface area contributed by atoms with E-state index in [-0.39, 0.29) is 11.8 Å². The summed E-state index contributed by atoms with van der Waals surface area (Å²) in [5.74, 6) is 0.534. The van der Waals surface area contributed by atoms with Crippen LogP contribution < -0.4 is 10.6 Å². The highest BCUT2D eigenvalue weighted by molar-refractivity contribution is 5.90. The molecule has 2 amide bonds. The molecule has 0 saturated heterocycles. The zero-order valence-corrected chi connectivity index (χ0v) is 13.0. The molecule has 1 heterocycles. The summed E-state index contributed by atoms with van der Waals surface area (Å²) in [6, 6.07) is 14.8. The fourth-order valence-electron chi connectivity index (χ4n) is 2.13. The van der Waals surface area contributed by atoms with Gasteiger partial charge in [-0.3, -0.25) is 9.59 Å². The fourth-order valence-corrected chi connectivity index (χ4v) is 2.13. The van der Waals surface area contributed by atoms with Crippen molar-refractivity contribution in [3.8, 4) is 0 Å². The zero-order chi connectivity index (χ0) is 16.3. The van der Waals surface area contributed by atoms with Crippen LogP contribution in [-0.2, 0) is 9.59 Å². The Morgan fingerprint density at radius 3 is 2.09 bits per heavy atom. The molecule has 2 N–H and O–H groups in total. The first kappa shape index (κ1) is 16.7. The predicted molar refractivity (Wildman–Crippen MR) is 91.0 cm³/mol. The minimum absolute atomic E-state index is 0.00846. The molecule has 0 fully saturated rings. The van der Waals surface area contributed by atoms with Gasteiger partial charge in [0.25, 0.3) is 0 Å². The Kier molecular flexibility index (Phi) is 6.78. The number of amides is 2. The van der Waals surface area contributed by atoms with E-state index in [2.05, 4.69) is 15.6 Å². The Balaban J connectivity index is 1.55.